The van der Waals surface area contributed by atoms with Gasteiger partial charge in [-0.15, -0.1) is 0 Å². The molecular weight excluding hydrogens is 450 g/mol. The number of para-hydroxylation sites is 2. The fraction of sp³-hybridized carbons (Fsp3) is 0.222. The number of nitrogens with one attached hydrogen (secondary N) is 1. The Morgan fingerprint density at radius 2 is 1.40 bits per heavy atom. The van der Waals surface area contributed by atoms with Gasteiger partial charge in [-0.05, 0) is 67.6 Å². The number of Topliss-reactive ketones (excluding diaryl/α,β-unsaturated/α-hetero) is 1. The minimum absolute atomic E-state index is 0.0816. The van der Waals surface area contributed by atoms with Crippen molar-refractivity contribution in [3.05, 3.63) is 78.4 Å². The lowest BCUT2D eigenvalue weighted by molar-refractivity contribution is -0.147. The molecule has 0 bridgehead atoms. The number of carbonyl (C=O) groups excluding carboxylic acids is 3. The van der Waals surface area contributed by atoms with Crippen molar-refractivity contribution in [2.45, 2.75) is 25.9 Å². The van der Waals surface area contributed by atoms with Crippen LogP contribution in [0.25, 0.3) is 0 Å². The van der Waals surface area contributed by atoms with Crippen LogP contribution < -0.4 is 19.5 Å². The average Bonchev–Trinajstić information content (AvgIpc) is 2.88. The molecule has 0 radical (unpaired) electrons. The Morgan fingerprint density at radius 3 is 2.03 bits per heavy atom. The van der Waals surface area contributed by atoms with Crippen molar-refractivity contribution in [2.24, 2.45) is 0 Å². The van der Waals surface area contributed by atoms with Gasteiger partial charge >= 0.3 is 5.97 Å². The maximum absolute atomic E-state index is 12.4. The molecule has 0 fully saturated rings. The van der Waals surface area contributed by atoms with Crippen LogP contribution in [0.15, 0.2) is 72.8 Å². The van der Waals surface area contributed by atoms with Crippen molar-refractivity contribution in [3.8, 4) is 23.0 Å². The number of hydrogen-bond acceptors (Lipinski definition) is 7. The molecule has 1 atom stereocenters. The van der Waals surface area contributed by atoms with Crippen LogP contribution in [0, 0.1) is 0 Å². The molecule has 35 heavy (non-hydrogen) atoms. The number of carbonyl (C=O) groups is 3. The maximum atomic E-state index is 12.4. The highest BCUT2D eigenvalue weighted by Crippen LogP contribution is 2.31. The van der Waals surface area contributed by atoms with E-state index in [1.54, 1.807) is 67.8 Å². The Labute approximate surface area is 203 Å². The fourth-order valence-corrected chi connectivity index (χ4v) is 3.18. The highest BCUT2D eigenvalue weighted by atomic mass is 16.5. The average molecular weight is 478 g/mol. The van der Waals surface area contributed by atoms with Crippen LogP contribution in [0.5, 0.6) is 23.0 Å². The van der Waals surface area contributed by atoms with Crippen LogP contribution in [-0.2, 0) is 14.3 Å². The standard InChI is InChI=1S/C27H27NO7/c1-18(27(31)19-8-12-21(32-2)13-9-19)34-26(30)17-16-25(29)28-20-10-14-22(15-11-20)35-24-7-5-4-6-23(24)33-3/h4-15,18H,16-17H2,1-3H3,(H,28,29). The predicted molar refractivity (Wildman–Crippen MR) is 130 cm³/mol. The van der Waals surface area contributed by atoms with Crippen LogP contribution in [0.4, 0.5) is 5.69 Å². The monoisotopic (exact) mass is 477 g/mol. The number of ketones is 1. The first-order valence-electron chi connectivity index (χ1n) is 11.0. The molecule has 0 aromatic heterocycles. The lowest BCUT2D eigenvalue weighted by Gasteiger charge is -2.13. The van der Waals surface area contributed by atoms with Crippen LogP contribution in [0.1, 0.15) is 30.1 Å². The quantitative estimate of drug-likeness (QED) is 0.305. The number of ether oxygens (including phenoxy) is 4. The number of benzene rings is 3. The lowest BCUT2D eigenvalue weighted by atomic mass is 10.1. The SMILES string of the molecule is COc1ccc(C(=O)C(C)OC(=O)CCC(=O)Nc2ccc(Oc3ccccc3OC)cc2)cc1. The van der Waals surface area contributed by atoms with E-state index in [1.165, 1.54) is 14.0 Å². The van der Waals surface area contributed by atoms with Gasteiger partial charge in [0.1, 0.15) is 11.5 Å². The van der Waals surface area contributed by atoms with Gasteiger partial charge < -0.3 is 24.3 Å². The Morgan fingerprint density at radius 1 is 0.771 bits per heavy atom. The van der Waals surface area contributed by atoms with Crippen LogP contribution >= 0.6 is 0 Å². The van der Waals surface area contributed by atoms with Gasteiger partial charge in [-0.1, -0.05) is 12.1 Å². The molecule has 3 rings (SSSR count). The van der Waals surface area contributed by atoms with E-state index in [0.29, 0.717) is 34.2 Å². The Balaban J connectivity index is 1.44. The summed E-state index contributed by atoms with van der Waals surface area (Å²) in [5.74, 6) is 1.06. The summed E-state index contributed by atoms with van der Waals surface area (Å²) in [6, 6.07) is 20.6. The number of anilines is 1. The van der Waals surface area contributed by atoms with Gasteiger partial charge in [-0.2, -0.15) is 0 Å². The Bertz CT molecular complexity index is 1160. The summed E-state index contributed by atoms with van der Waals surface area (Å²) in [5, 5.41) is 2.72. The zero-order chi connectivity index (χ0) is 25.2. The van der Waals surface area contributed by atoms with E-state index in [0.717, 1.165) is 0 Å². The summed E-state index contributed by atoms with van der Waals surface area (Å²) in [6.07, 6.45) is -1.20. The van der Waals surface area contributed by atoms with Gasteiger partial charge in [-0.25, -0.2) is 0 Å². The predicted octanol–water partition coefficient (Wildman–Crippen LogP) is 5.03. The first-order valence-corrected chi connectivity index (χ1v) is 11.0. The van der Waals surface area contributed by atoms with Crippen molar-refractivity contribution < 1.29 is 33.3 Å². The Kier molecular flexibility index (Phi) is 8.83. The number of amides is 1. The van der Waals surface area contributed by atoms with Gasteiger partial charge in [0.25, 0.3) is 0 Å². The molecule has 3 aromatic carbocycles. The van der Waals surface area contributed by atoms with Gasteiger partial charge in [0, 0.05) is 17.7 Å². The summed E-state index contributed by atoms with van der Waals surface area (Å²) in [7, 11) is 3.10. The second-order valence-electron chi connectivity index (χ2n) is 7.55. The third kappa shape index (κ3) is 7.33. The summed E-state index contributed by atoms with van der Waals surface area (Å²) < 4.78 is 21.3. The highest BCUT2D eigenvalue weighted by Gasteiger charge is 2.20. The van der Waals surface area contributed by atoms with Gasteiger partial charge in [0.15, 0.2) is 17.6 Å². The van der Waals surface area contributed by atoms with E-state index in [2.05, 4.69) is 5.32 Å². The normalized spacial score (nSPS) is 11.2. The van der Waals surface area contributed by atoms with E-state index in [-0.39, 0.29) is 24.5 Å². The minimum atomic E-state index is -0.963. The molecule has 182 valence electrons. The number of hydrogen-bond donors (Lipinski definition) is 1. The van der Waals surface area contributed by atoms with E-state index in [1.807, 2.05) is 12.1 Å². The first kappa shape index (κ1) is 25.3. The fourth-order valence-electron chi connectivity index (χ4n) is 3.18. The van der Waals surface area contributed by atoms with Crippen molar-refractivity contribution in [1.82, 2.24) is 0 Å². The summed E-state index contributed by atoms with van der Waals surface area (Å²) in [5.41, 5.74) is 0.959. The second-order valence-corrected chi connectivity index (χ2v) is 7.55. The van der Waals surface area contributed by atoms with Gasteiger partial charge in [-0.3, -0.25) is 14.4 Å². The molecule has 0 heterocycles. The molecule has 0 aliphatic heterocycles. The smallest absolute Gasteiger partial charge is 0.307 e. The zero-order valence-electron chi connectivity index (χ0n) is 19.8. The summed E-state index contributed by atoms with van der Waals surface area (Å²) >= 11 is 0. The Hall–Kier alpha value is -4.33. The number of methoxy groups -OCH3 is 2. The zero-order valence-corrected chi connectivity index (χ0v) is 19.8. The molecule has 0 saturated carbocycles. The van der Waals surface area contributed by atoms with Gasteiger partial charge in [0.2, 0.25) is 11.7 Å². The number of rotatable bonds is 11. The third-order valence-corrected chi connectivity index (χ3v) is 5.04. The van der Waals surface area contributed by atoms with E-state index in [4.69, 9.17) is 18.9 Å². The molecule has 3 aromatic rings. The minimum Gasteiger partial charge on any atom is -0.497 e. The molecule has 8 heteroatoms. The van der Waals surface area contributed by atoms with Crippen molar-refractivity contribution in [3.63, 3.8) is 0 Å². The van der Waals surface area contributed by atoms with Crippen molar-refractivity contribution >= 4 is 23.3 Å². The van der Waals surface area contributed by atoms with Crippen molar-refractivity contribution in [2.75, 3.05) is 19.5 Å². The molecule has 0 aliphatic carbocycles. The largest absolute Gasteiger partial charge is 0.497 e. The van der Waals surface area contributed by atoms with Crippen molar-refractivity contribution in [1.29, 1.82) is 0 Å². The highest BCUT2D eigenvalue weighted by molar-refractivity contribution is 6.00. The summed E-state index contributed by atoms with van der Waals surface area (Å²) in [4.78, 5) is 36.8. The topological polar surface area (TPSA) is 100 Å². The molecule has 0 aliphatic rings. The molecule has 0 spiro atoms. The second kappa shape index (κ2) is 12.2. The van der Waals surface area contributed by atoms with Crippen LogP contribution in [0.3, 0.4) is 0 Å². The van der Waals surface area contributed by atoms with Gasteiger partial charge in [0.05, 0.1) is 20.6 Å². The van der Waals surface area contributed by atoms with E-state index >= 15 is 0 Å². The van der Waals surface area contributed by atoms with Crippen LogP contribution in [0.2, 0.25) is 0 Å². The molecule has 8 nitrogen and oxygen atoms in total. The van der Waals surface area contributed by atoms with E-state index in [9.17, 15) is 14.4 Å². The summed E-state index contributed by atoms with van der Waals surface area (Å²) in [6.45, 7) is 1.50. The maximum Gasteiger partial charge on any atom is 0.307 e. The number of esters is 1. The molecular formula is C27H27NO7. The lowest BCUT2D eigenvalue weighted by Crippen LogP contribution is -2.25. The molecule has 1 N–H and O–H groups in total. The molecule has 0 saturated heterocycles. The third-order valence-electron chi connectivity index (χ3n) is 5.04. The van der Waals surface area contributed by atoms with E-state index < -0.39 is 12.1 Å². The van der Waals surface area contributed by atoms with Crippen LogP contribution in [-0.4, -0.2) is 38.0 Å². The molecule has 1 amide bonds. The molecule has 1 unspecified atom stereocenters. The first-order chi connectivity index (χ1) is 16.9.